The molecule has 0 aliphatic heterocycles. The van der Waals surface area contributed by atoms with Gasteiger partial charge in [-0.1, -0.05) is 37.3 Å². The minimum Gasteiger partial charge on any atom is -0.444 e. The van der Waals surface area contributed by atoms with Crippen molar-refractivity contribution in [2.75, 3.05) is 13.1 Å². The smallest absolute Gasteiger partial charge is 0.407 e. The number of alkyl carbamates (subject to hydrolysis) is 1. The Hall–Kier alpha value is -2.04. The van der Waals surface area contributed by atoms with E-state index in [4.69, 9.17) is 4.74 Å². The first-order valence-corrected chi connectivity index (χ1v) is 8.10. The summed E-state index contributed by atoms with van der Waals surface area (Å²) in [6.45, 7) is 8.37. The zero-order valence-electron chi connectivity index (χ0n) is 14.5. The van der Waals surface area contributed by atoms with Gasteiger partial charge >= 0.3 is 6.09 Å². The van der Waals surface area contributed by atoms with Crippen molar-refractivity contribution >= 4 is 12.0 Å². The largest absolute Gasteiger partial charge is 0.444 e. The van der Waals surface area contributed by atoms with Gasteiger partial charge in [0.1, 0.15) is 5.60 Å². The molecule has 2 amide bonds. The van der Waals surface area contributed by atoms with Crippen molar-refractivity contribution in [2.45, 2.75) is 52.1 Å². The highest BCUT2D eigenvalue weighted by atomic mass is 16.6. The van der Waals surface area contributed by atoms with Gasteiger partial charge in [-0.25, -0.2) is 4.79 Å². The van der Waals surface area contributed by atoms with Gasteiger partial charge in [0.2, 0.25) is 5.91 Å². The Kier molecular flexibility index (Phi) is 7.59. The van der Waals surface area contributed by atoms with Gasteiger partial charge in [-0.3, -0.25) is 4.79 Å². The second-order valence-corrected chi connectivity index (χ2v) is 6.50. The van der Waals surface area contributed by atoms with Crippen LogP contribution in [-0.2, 0) is 9.53 Å². The van der Waals surface area contributed by atoms with Gasteiger partial charge in [0.25, 0.3) is 0 Å². The average Bonchev–Trinajstić information content (AvgIpc) is 2.47. The third kappa shape index (κ3) is 8.24. The van der Waals surface area contributed by atoms with E-state index in [1.54, 1.807) is 20.8 Å². The van der Waals surface area contributed by atoms with Crippen molar-refractivity contribution < 1.29 is 14.3 Å². The summed E-state index contributed by atoms with van der Waals surface area (Å²) in [5.74, 6) is 0.231. The Morgan fingerprint density at radius 2 is 1.78 bits per heavy atom. The van der Waals surface area contributed by atoms with E-state index in [0.717, 1.165) is 6.42 Å². The van der Waals surface area contributed by atoms with Gasteiger partial charge in [0, 0.05) is 25.4 Å². The number of carbonyl (C=O) groups excluding carboxylic acids is 2. The van der Waals surface area contributed by atoms with E-state index in [-0.39, 0.29) is 18.9 Å². The van der Waals surface area contributed by atoms with Crippen LogP contribution < -0.4 is 10.6 Å². The summed E-state index contributed by atoms with van der Waals surface area (Å²) in [6, 6.07) is 10.1. The van der Waals surface area contributed by atoms with E-state index >= 15 is 0 Å². The highest BCUT2D eigenvalue weighted by Crippen LogP contribution is 2.17. The number of nitrogens with one attached hydrogen (secondary N) is 2. The van der Waals surface area contributed by atoms with Crippen molar-refractivity contribution in [3.63, 3.8) is 0 Å². The summed E-state index contributed by atoms with van der Waals surface area (Å²) < 4.78 is 5.11. The SMILES string of the molecule is CCC(CNC(=O)CCNC(=O)OC(C)(C)C)c1ccccc1. The molecule has 1 atom stereocenters. The second kappa shape index (κ2) is 9.18. The van der Waals surface area contributed by atoms with Crippen molar-refractivity contribution in [3.8, 4) is 0 Å². The summed E-state index contributed by atoms with van der Waals surface area (Å²) >= 11 is 0. The Balaban J connectivity index is 2.27. The summed E-state index contributed by atoms with van der Waals surface area (Å²) in [5, 5.41) is 5.50. The lowest BCUT2D eigenvalue weighted by Crippen LogP contribution is -2.35. The first-order chi connectivity index (χ1) is 10.8. The third-order valence-electron chi connectivity index (χ3n) is 3.33. The van der Waals surface area contributed by atoms with Gasteiger partial charge in [0.15, 0.2) is 0 Å². The maximum Gasteiger partial charge on any atom is 0.407 e. The van der Waals surface area contributed by atoms with Crippen LogP contribution in [0.4, 0.5) is 4.79 Å². The predicted octanol–water partition coefficient (Wildman–Crippen LogP) is 3.21. The lowest BCUT2D eigenvalue weighted by molar-refractivity contribution is -0.121. The predicted molar refractivity (Wildman–Crippen MR) is 91.3 cm³/mol. The molecule has 1 aromatic carbocycles. The molecule has 0 radical (unpaired) electrons. The molecular weight excluding hydrogens is 292 g/mol. The molecule has 1 aromatic rings. The summed E-state index contributed by atoms with van der Waals surface area (Å²) in [7, 11) is 0. The summed E-state index contributed by atoms with van der Waals surface area (Å²) in [6.07, 6.45) is 0.700. The first kappa shape index (κ1) is 19.0. The van der Waals surface area contributed by atoms with Crippen LogP contribution in [0.5, 0.6) is 0 Å². The number of rotatable bonds is 7. The van der Waals surface area contributed by atoms with E-state index in [9.17, 15) is 9.59 Å². The summed E-state index contributed by atoms with van der Waals surface area (Å²) in [4.78, 5) is 23.3. The van der Waals surface area contributed by atoms with Gasteiger partial charge in [-0.15, -0.1) is 0 Å². The second-order valence-electron chi connectivity index (χ2n) is 6.50. The topological polar surface area (TPSA) is 67.4 Å². The summed E-state index contributed by atoms with van der Waals surface area (Å²) in [5.41, 5.74) is 0.693. The Morgan fingerprint density at radius 1 is 1.13 bits per heavy atom. The molecule has 0 aliphatic rings. The molecule has 0 aliphatic carbocycles. The minimum atomic E-state index is -0.531. The molecule has 0 saturated heterocycles. The number of amides is 2. The molecule has 0 spiro atoms. The van der Waals surface area contributed by atoms with Gasteiger partial charge in [0.05, 0.1) is 0 Å². The molecular formula is C18H28N2O3. The van der Waals surface area contributed by atoms with Crippen LogP contribution in [0.3, 0.4) is 0 Å². The fourth-order valence-corrected chi connectivity index (χ4v) is 2.14. The lowest BCUT2D eigenvalue weighted by Gasteiger charge is -2.19. The number of ether oxygens (including phenoxy) is 1. The van der Waals surface area contributed by atoms with Crippen LogP contribution in [0.2, 0.25) is 0 Å². The van der Waals surface area contributed by atoms with Crippen LogP contribution in [0, 0.1) is 0 Å². The molecule has 128 valence electrons. The molecule has 0 aromatic heterocycles. The standard InChI is InChI=1S/C18H28N2O3/c1-5-14(15-9-7-6-8-10-15)13-20-16(21)11-12-19-17(22)23-18(2,3)4/h6-10,14H,5,11-13H2,1-4H3,(H,19,22)(H,20,21). The quantitative estimate of drug-likeness (QED) is 0.810. The number of carbonyl (C=O) groups is 2. The van der Waals surface area contributed by atoms with E-state index in [0.29, 0.717) is 12.5 Å². The minimum absolute atomic E-state index is 0.0737. The highest BCUT2D eigenvalue weighted by molar-refractivity contribution is 5.77. The maximum atomic E-state index is 11.9. The lowest BCUT2D eigenvalue weighted by atomic mass is 9.96. The maximum absolute atomic E-state index is 11.9. The van der Waals surface area contributed by atoms with Crippen molar-refractivity contribution in [3.05, 3.63) is 35.9 Å². The molecule has 1 unspecified atom stereocenters. The van der Waals surface area contributed by atoms with Crippen LogP contribution in [-0.4, -0.2) is 30.7 Å². The van der Waals surface area contributed by atoms with Gasteiger partial charge < -0.3 is 15.4 Å². The van der Waals surface area contributed by atoms with E-state index < -0.39 is 11.7 Å². The number of hydrogen-bond acceptors (Lipinski definition) is 3. The molecule has 5 nitrogen and oxygen atoms in total. The molecule has 23 heavy (non-hydrogen) atoms. The van der Waals surface area contributed by atoms with Crippen molar-refractivity contribution in [1.82, 2.24) is 10.6 Å². The van der Waals surface area contributed by atoms with E-state index in [2.05, 4.69) is 29.7 Å². The van der Waals surface area contributed by atoms with Crippen LogP contribution >= 0.6 is 0 Å². The van der Waals surface area contributed by atoms with Crippen LogP contribution in [0.25, 0.3) is 0 Å². The van der Waals surface area contributed by atoms with E-state index in [1.165, 1.54) is 5.56 Å². The van der Waals surface area contributed by atoms with Gasteiger partial charge in [-0.05, 0) is 32.8 Å². The van der Waals surface area contributed by atoms with Crippen molar-refractivity contribution in [2.24, 2.45) is 0 Å². The molecule has 0 saturated carbocycles. The normalized spacial score (nSPS) is 12.3. The zero-order valence-corrected chi connectivity index (χ0v) is 14.5. The fraction of sp³-hybridized carbons (Fsp3) is 0.556. The molecule has 5 heteroatoms. The molecule has 0 heterocycles. The first-order valence-electron chi connectivity index (χ1n) is 8.10. The van der Waals surface area contributed by atoms with Gasteiger partial charge in [-0.2, -0.15) is 0 Å². The molecule has 2 N–H and O–H groups in total. The fourth-order valence-electron chi connectivity index (χ4n) is 2.14. The Morgan fingerprint density at radius 3 is 2.35 bits per heavy atom. The molecule has 0 bridgehead atoms. The van der Waals surface area contributed by atoms with Crippen LogP contribution in [0.1, 0.15) is 52.0 Å². The monoisotopic (exact) mass is 320 g/mol. The molecule has 0 fully saturated rings. The number of benzene rings is 1. The van der Waals surface area contributed by atoms with Crippen LogP contribution in [0.15, 0.2) is 30.3 Å². The third-order valence-corrected chi connectivity index (χ3v) is 3.33. The van der Waals surface area contributed by atoms with E-state index in [1.807, 2.05) is 18.2 Å². The number of hydrogen-bond donors (Lipinski definition) is 2. The zero-order chi connectivity index (χ0) is 17.3. The molecule has 1 rings (SSSR count). The highest BCUT2D eigenvalue weighted by Gasteiger charge is 2.16. The Labute approximate surface area is 138 Å². The van der Waals surface area contributed by atoms with Crippen molar-refractivity contribution in [1.29, 1.82) is 0 Å². The average molecular weight is 320 g/mol. The Bertz CT molecular complexity index is 495.